The Balaban J connectivity index is 2.37. The first kappa shape index (κ1) is 15.3. The van der Waals surface area contributed by atoms with Crippen molar-refractivity contribution in [2.45, 2.75) is 46.7 Å². The van der Waals surface area contributed by atoms with Crippen molar-refractivity contribution in [1.82, 2.24) is 10.2 Å². The number of hydrogen-bond acceptors (Lipinski definition) is 3. The molecule has 0 saturated carbocycles. The fourth-order valence-electron chi connectivity index (χ4n) is 2.21. The Morgan fingerprint density at radius 3 is 2.61 bits per heavy atom. The molecule has 104 valence electrons. The molecule has 0 aliphatic heterocycles. The lowest BCUT2D eigenvalue weighted by Crippen LogP contribution is -2.42. The van der Waals surface area contributed by atoms with Crippen molar-refractivity contribution in [3.8, 4) is 0 Å². The van der Waals surface area contributed by atoms with E-state index in [1.807, 2.05) is 12.3 Å². The van der Waals surface area contributed by atoms with Gasteiger partial charge in [-0.3, -0.25) is 0 Å². The van der Waals surface area contributed by atoms with E-state index in [0.29, 0.717) is 11.5 Å². The molecule has 1 atom stereocenters. The van der Waals surface area contributed by atoms with Gasteiger partial charge in [-0.1, -0.05) is 27.7 Å². The smallest absolute Gasteiger partial charge is 0.0947 e. The zero-order valence-corrected chi connectivity index (χ0v) is 12.5. The molecule has 0 saturated heterocycles. The Morgan fingerprint density at radius 2 is 2.11 bits per heavy atom. The van der Waals surface area contributed by atoms with Gasteiger partial charge in [0.1, 0.15) is 0 Å². The molecule has 0 spiro atoms. The molecule has 3 heteroatoms. The molecule has 0 amide bonds. The summed E-state index contributed by atoms with van der Waals surface area (Å²) in [4.78, 5) is 2.35. The highest BCUT2D eigenvalue weighted by Crippen LogP contribution is 2.22. The van der Waals surface area contributed by atoms with E-state index in [1.165, 1.54) is 12.0 Å². The third-order valence-electron chi connectivity index (χ3n) is 3.33. The first-order valence-corrected chi connectivity index (χ1v) is 6.86. The van der Waals surface area contributed by atoms with Crippen LogP contribution in [0.1, 0.15) is 39.7 Å². The van der Waals surface area contributed by atoms with E-state index < -0.39 is 0 Å². The van der Waals surface area contributed by atoms with Crippen LogP contribution in [0.25, 0.3) is 0 Å². The van der Waals surface area contributed by atoms with Gasteiger partial charge in [-0.15, -0.1) is 0 Å². The van der Waals surface area contributed by atoms with Crippen LogP contribution >= 0.6 is 0 Å². The van der Waals surface area contributed by atoms with Gasteiger partial charge >= 0.3 is 0 Å². The molecule has 1 unspecified atom stereocenters. The second kappa shape index (κ2) is 6.95. The molecular formula is C15H28N2O. The Kier molecular flexibility index (Phi) is 5.89. The quantitative estimate of drug-likeness (QED) is 0.808. The molecule has 0 aliphatic rings. The third kappa shape index (κ3) is 5.23. The number of nitrogens with zero attached hydrogens (tertiary/aromatic N) is 1. The average molecular weight is 252 g/mol. The van der Waals surface area contributed by atoms with Crippen molar-refractivity contribution in [2.75, 3.05) is 20.1 Å². The minimum absolute atomic E-state index is 0.312. The lowest BCUT2D eigenvalue weighted by molar-refractivity contribution is 0.220. The molecular weight excluding hydrogens is 224 g/mol. The third-order valence-corrected chi connectivity index (χ3v) is 3.33. The topological polar surface area (TPSA) is 28.4 Å². The fraction of sp³-hybridized carbons (Fsp3) is 0.733. The predicted molar refractivity (Wildman–Crippen MR) is 76.6 cm³/mol. The fourth-order valence-corrected chi connectivity index (χ4v) is 2.21. The molecule has 1 N–H and O–H groups in total. The first-order valence-electron chi connectivity index (χ1n) is 6.86. The molecule has 18 heavy (non-hydrogen) atoms. The summed E-state index contributed by atoms with van der Waals surface area (Å²) in [5.41, 5.74) is 1.56. The molecule has 0 bridgehead atoms. The zero-order chi connectivity index (χ0) is 13.6. The van der Waals surface area contributed by atoms with Gasteiger partial charge in [0.25, 0.3) is 0 Å². The Labute approximate surface area is 112 Å². The summed E-state index contributed by atoms with van der Waals surface area (Å²) in [5, 5.41) is 3.59. The predicted octanol–water partition coefficient (Wildman–Crippen LogP) is 3.13. The summed E-state index contributed by atoms with van der Waals surface area (Å²) in [6, 6.07) is 2.59. The van der Waals surface area contributed by atoms with Crippen LogP contribution in [-0.2, 0) is 6.54 Å². The molecule has 1 heterocycles. The monoisotopic (exact) mass is 252 g/mol. The molecule has 0 aromatic carbocycles. The van der Waals surface area contributed by atoms with Gasteiger partial charge in [-0.05, 0) is 38.0 Å². The summed E-state index contributed by atoms with van der Waals surface area (Å²) in [6.45, 7) is 12.2. The summed E-state index contributed by atoms with van der Waals surface area (Å²) in [7, 11) is 2.17. The van der Waals surface area contributed by atoms with Crippen LogP contribution in [0.4, 0.5) is 0 Å². The lowest BCUT2D eigenvalue weighted by Gasteiger charge is -2.32. The summed E-state index contributed by atoms with van der Waals surface area (Å²) in [6.07, 6.45) is 4.73. The maximum absolute atomic E-state index is 5.09. The van der Waals surface area contributed by atoms with Crippen molar-refractivity contribution in [2.24, 2.45) is 5.41 Å². The largest absolute Gasteiger partial charge is 0.472 e. The van der Waals surface area contributed by atoms with Gasteiger partial charge in [-0.25, -0.2) is 0 Å². The van der Waals surface area contributed by atoms with Crippen molar-refractivity contribution < 1.29 is 4.42 Å². The summed E-state index contributed by atoms with van der Waals surface area (Å²) in [5.74, 6) is 0. The van der Waals surface area contributed by atoms with Crippen LogP contribution in [0.2, 0.25) is 0 Å². The number of hydrogen-bond donors (Lipinski definition) is 1. The van der Waals surface area contributed by atoms with E-state index in [1.54, 1.807) is 6.26 Å². The molecule has 3 nitrogen and oxygen atoms in total. The van der Waals surface area contributed by atoms with Gasteiger partial charge in [0.2, 0.25) is 0 Å². The molecule has 1 rings (SSSR count). The van der Waals surface area contributed by atoms with Crippen LogP contribution in [0.15, 0.2) is 23.0 Å². The zero-order valence-electron chi connectivity index (χ0n) is 12.5. The number of rotatable bonds is 7. The molecule has 0 radical (unpaired) electrons. The average Bonchev–Trinajstić information content (AvgIpc) is 2.75. The van der Waals surface area contributed by atoms with Crippen LogP contribution < -0.4 is 5.32 Å². The maximum Gasteiger partial charge on any atom is 0.0947 e. The van der Waals surface area contributed by atoms with Gasteiger partial charge < -0.3 is 14.6 Å². The second-order valence-corrected chi connectivity index (χ2v) is 6.13. The van der Waals surface area contributed by atoms with Crippen LogP contribution in [0, 0.1) is 5.41 Å². The van der Waals surface area contributed by atoms with E-state index in [2.05, 4.69) is 45.0 Å². The van der Waals surface area contributed by atoms with Crippen molar-refractivity contribution >= 4 is 0 Å². The number of furan rings is 1. The van der Waals surface area contributed by atoms with Gasteiger partial charge in [-0.2, -0.15) is 0 Å². The van der Waals surface area contributed by atoms with Crippen LogP contribution in [0.3, 0.4) is 0 Å². The van der Waals surface area contributed by atoms with Crippen LogP contribution in [0.5, 0.6) is 0 Å². The normalized spacial score (nSPS) is 14.1. The van der Waals surface area contributed by atoms with E-state index in [0.717, 1.165) is 19.6 Å². The van der Waals surface area contributed by atoms with Gasteiger partial charge in [0.05, 0.1) is 12.5 Å². The van der Waals surface area contributed by atoms with E-state index in [4.69, 9.17) is 4.42 Å². The summed E-state index contributed by atoms with van der Waals surface area (Å²) >= 11 is 0. The summed E-state index contributed by atoms with van der Waals surface area (Å²) < 4.78 is 5.09. The lowest BCUT2D eigenvalue weighted by atomic mass is 9.84. The van der Waals surface area contributed by atoms with Gasteiger partial charge in [0.15, 0.2) is 0 Å². The Morgan fingerprint density at radius 1 is 1.39 bits per heavy atom. The minimum atomic E-state index is 0.312. The van der Waals surface area contributed by atoms with Crippen molar-refractivity contribution in [1.29, 1.82) is 0 Å². The Bertz CT molecular complexity index is 314. The first-order chi connectivity index (χ1) is 8.43. The number of nitrogens with one attached hydrogen (secondary N) is 1. The molecule has 0 fully saturated rings. The minimum Gasteiger partial charge on any atom is -0.472 e. The van der Waals surface area contributed by atoms with Crippen LogP contribution in [-0.4, -0.2) is 31.1 Å². The second-order valence-electron chi connectivity index (χ2n) is 6.13. The van der Waals surface area contributed by atoms with E-state index in [9.17, 15) is 0 Å². The standard InChI is InChI=1S/C15H28N2O/c1-6-16-14(15(2,3)4)7-9-17(5)11-13-8-10-18-12-13/h8,10,12,14,16H,6-7,9,11H2,1-5H3. The maximum atomic E-state index is 5.09. The van der Waals surface area contributed by atoms with Gasteiger partial charge in [0, 0.05) is 18.2 Å². The molecule has 1 aromatic heterocycles. The van der Waals surface area contributed by atoms with Crippen molar-refractivity contribution in [3.05, 3.63) is 24.2 Å². The highest BCUT2D eigenvalue weighted by molar-refractivity contribution is 5.04. The molecule has 0 aliphatic carbocycles. The Hall–Kier alpha value is -0.800. The van der Waals surface area contributed by atoms with E-state index in [-0.39, 0.29) is 0 Å². The van der Waals surface area contributed by atoms with Crippen molar-refractivity contribution in [3.63, 3.8) is 0 Å². The highest BCUT2D eigenvalue weighted by atomic mass is 16.3. The highest BCUT2D eigenvalue weighted by Gasteiger charge is 2.23. The molecule has 1 aromatic rings. The SMILES string of the molecule is CCNC(CCN(C)Cc1ccoc1)C(C)(C)C. The van der Waals surface area contributed by atoms with E-state index >= 15 is 0 Å².